The molecule has 7 heteroatoms. The summed E-state index contributed by atoms with van der Waals surface area (Å²) in [7, 11) is 3.50. The molecule has 176 valence electrons. The van der Waals surface area contributed by atoms with Gasteiger partial charge >= 0.3 is 0 Å². The van der Waals surface area contributed by atoms with E-state index in [9.17, 15) is 9.59 Å². The molecule has 3 aliphatic rings. The lowest BCUT2D eigenvalue weighted by Gasteiger charge is -2.24. The molecule has 0 spiro atoms. The van der Waals surface area contributed by atoms with Crippen LogP contribution >= 0.6 is 0 Å². The molecular weight excluding hydrogens is 418 g/mol. The Hall–Kier alpha value is -3.19. The summed E-state index contributed by atoms with van der Waals surface area (Å²) in [4.78, 5) is 27.5. The number of amidine groups is 1. The minimum Gasteiger partial charge on any atom is -0.496 e. The van der Waals surface area contributed by atoms with Gasteiger partial charge in [-0.05, 0) is 36.8 Å². The van der Waals surface area contributed by atoms with Crippen LogP contribution < -0.4 is 10.1 Å². The summed E-state index contributed by atoms with van der Waals surface area (Å²) < 4.78 is 10.8. The topological polar surface area (TPSA) is 80.2 Å². The average molecular weight is 452 g/mol. The molecule has 0 aromatic heterocycles. The second kappa shape index (κ2) is 12.7. The molecule has 0 atom stereocenters. The van der Waals surface area contributed by atoms with Crippen molar-refractivity contribution in [1.82, 2.24) is 10.2 Å². The summed E-state index contributed by atoms with van der Waals surface area (Å²) in [6, 6.07) is 16.1. The van der Waals surface area contributed by atoms with Gasteiger partial charge in [-0.25, -0.2) is 4.99 Å². The Morgan fingerprint density at radius 2 is 1.79 bits per heavy atom. The Morgan fingerprint density at radius 3 is 2.27 bits per heavy atom. The zero-order valence-corrected chi connectivity index (χ0v) is 19.5. The normalized spacial score (nSPS) is 17.1. The van der Waals surface area contributed by atoms with Crippen LogP contribution in [0.2, 0.25) is 0 Å². The van der Waals surface area contributed by atoms with Gasteiger partial charge in [0.05, 0.1) is 12.8 Å². The van der Waals surface area contributed by atoms with Gasteiger partial charge in [0.15, 0.2) is 0 Å². The zero-order chi connectivity index (χ0) is 23.5. The summed E-state index contributed by atoms with van der Waals surface area (Å²) in [6.07, 6.45) is 5.14. The van der Waals surface area contributed by atoms with Crippen molar-refractivity contribution in [1.29, 1.82) is 0 Å². The molecule has 7 nitrogen and oxygen atoms in total. The van der Waals surface area contributed by atoms with Crippen molar-refractivity contribution >= 4 is 23.8 Å². The molecule has 0 aliphatic carbocycles. The predicted octanol–water partition coefficient (Wildman–Crippen LogP) is 3.85. The van der Waals surface area contributed by atoms with E-state index in [-0.39, 0.29) is 0 Å². The first-order valence-corrected chi connectivity index (χ1v) is 11.4. The fourth-order valence-electron chi connectivity index (χ4n) is 4.13. The number of likely N-dealkylation sites (tertiary alicyclic amines) is 1. The lowest BCUT2D eigenvalue weighted by molar-refractivity contribution is -0.126. The number of nitrogens with one attached hydrogen (secondary N) is 1. The second-order valence-electron chi connectivity index (χ2n) is 8.14. The maximum atomic E-state index is 10.6. The first-order chi connectivity index (χ1) is 16.1. The van der Waals surface area contributed by atoms with Gasteiger partial charge in [-0.2, -0.15) is 0 Å². The minimum atomic E-state index is 0.292. The monoisotopic (exact) mass is 451 g/mol. The van der Waals surface area contributed by atoms with E-state index in [4.69, 9.17) is 9.47 Å². The molecule has 2 aromatic rings. The first-order valence-electron chi connectivity index (χ1n) is 11.4. The van der Waals surface area contributed by atoms with Gasteiger partial charge in [-0.3, -0.25) is 9.59 Å². The van der Waals surface area contributed by atoms with E-state index in [1.165, 1.54) is 5.56 Å². The van der Waals surface area contributed by atoms with Crippen LogP contribution in [0.4, 0.5) is 5.69 Å². The molecule has 33 heavy (non-hydrogen) atoms. The van der Waals surface area contributed by atoms with Crippen molar-refractivity contribution in [3.8, 4) is 5.75 Å². The number of rotatable bonds is 3. The Kier molecular flexibility index (Phi) is 9.44. The molecule has 5 rings (SSSR count). The van der Waals surface area contributed by atoms with Crippen LogP contribution in [0.25, 0.3) is 0 Å². The van der Waals surface area contributed by atoms with Crippen molar-refractivity contribution in [2.75, 3.05) is 33.9 Å². The van der Waals surface area contributed by atoms with Gasteiger partial charge in [-0.15, -0.1) is 0 Å². The van der Waals surface area contributed by atoms with Crippen molar-refractivity contribution in [3.05, 3.63) is 59.7 Å². The quantitative estimate of drug-likeness (QED) is 0.719. The number of methoxy groups -OCH3 is 1. The maximum absolute atomic E-state index is 10.6. The summed E-state index contributed by atoms with van der Waals surface area (Å²) in [5, 5.41) is 2.66. The van der Waals surface area contributed by atoms with Gasteiger partial charge in [0.25, 0.3) is 0 Å². The third-order valence-electron chi connectivity index (χ3n) is 5.95. The van der Waals surface area contributed by atoms with Crippen LogP contribution in [-0.4, -0.2) is 57.0 Å². The van der Waals surface area contributed by atoms with E-state index in [1.807, 2.05) is 49.5 Å². The van der Waals surface area contributed by atoms with E-state index in [0.717, 1.165) is 62.4 Å². The third kappa shape index (κ3) is 6.89. The summed E-state index contributed by atoms with van der Waals surface area (Å²) >= 11 is 0. The number of hydrogen-bond donors (Lipinski definition) is 1. The lowest BCUT2D eigenvalue weighted by Crippen LogP contribution is -2.21. The number of aliphatic imine (C=N–C) groups is 1. The predicted molar refractivity (Wildman–Crippen MR) is 129 cm³/mol. The Labute approximate surface area is 195 Å². The maximum Gasteiger partial charge on any atom is 0.222 e. The van der Waals surface area contributed by atoms with Gasteiger partial charge in [0, 0.05) is 45.2 Å². The Balaban J connectivity index is 0.000000191. The number of hydrogen-bond acceptors (Lipinski definition) is 5. The summed E-state index contributed by atoms with van der Waals surface area (Å²) in [5.74, 6) is 2.29. The second-order valence-corrected chi connectivity index (χ2v) is 8.14. The van der Waals surface area contributed by atoms with Crippen molar-refractivity contribution < 1.29 is 19.1 Å². The van der Waals surface area contributed by atoms with Gasteiger partial charge in [0.1, 0.15) is 11.6 Å². The van der Waals surface area contributed by atoms with Crippen molar-refractivity contribution in [3.63, 3.8) is 0 Å². The van der Waals surface area contributed by atoms with E-state index in [2.05, 4.69) is 16.4 Å². The molecule has 0 saturated carbocycles. The molecule has 2 saturated heterocycles. The largest absolute Gasteiger partial charge is 0.496 e. The van der Waals surface area contributed by atoms with Crippen LogP contribution in [0, 0.1) is 0 Å². The molecule has 0 unspecified atom stereocenters. The average Bonchev–Trinajstić information content (AvgIpc) is 3.46. The van der Waals surface area contributed by atoms with Crippen molar-refractivity contribution in [2.45, 2.75) is 38.0 Å². The van der Waals surface area contributed by atoms with Crippen LogP contribution in [0.5, 0.6) is 5.75 Å². The lowest BCUT2D eigenvalue weighted by atomic mass is 9.89. The van der Waals surface area contributed by atoms with Crippen LogP contribution in [0.15, 0.2) is 53.5 Å². The molecule has 3 aliphatic heterocycles. The van der Waals surface area contributed by atoms with E-state index in [1.54, 1.807) is 12.0 Å². The zero-order valence-electron chi connectivity index (χ0n) is 19.5. The standard InChI is InChI=1S/C15H18N2O3.C6H6.C5H9NO/c1-19-13-3-2-11(10-4-6-20-7-5-10)15-12(13)8-14(17-15)16-9-18;1-2-4-6-5-3-1;1-6-4-2-3-5(6)7/h2-3,9-10H,4-8H2,1H3,(H,16,17,18);1-6H;2-4H2,1H3. The Bertz CT molecular complexity index is 913. The number of fused-ring (bicyclic) bond motifs is 1. The van der Waals surface area contributed by atoms with Crippen LogP contribution in [0.1, 0.15) is 42.7 Å². The SMILES string of the molecule is CN1CCCC1=O.COc1ccc(C2CCOCC2)c2c1CC(NC=O)=N2.c1ccccc1. The fourth-order valence-corrected chi connectivity index (χ4v) is 4.13. The number of ether oxygens (including phenoxy) is 2. The van der Waals surface area contributed by atoms with E-state index in [0.29, 0.717) is 30.5 Å². The van der Waals surface area contributed by atoms with Crippen molar-refractivity contribution in [2.24, 2.45) is 4.99 Å². The third-order valence-corrected chi connectivity index (χ3v) is 5.95. The summed E-state index contributed by atoms with van der Waals surface area (Å²) in [6.45, 7) is 2.56. The number of carbonyl (C=O) groups excluding carboxylic acids is 2. The highest BCUT2D eigenvalue weighted by atomic mass is 16.5. The molecule has 0 radical (unpaired) electrons. The van der Waals surface area contributed by atoms with Crippen LogP contribution in [0.3, 0.4) is 0 Å². The molecular formula is C26H33N3O4. The Morgan fingerprint density at radius 1 is 1.12 bits per heavy atom. The number of carbonyl (C=O) groups is 2. The molecule has 3 heterocycles. The number of benzene rings is 2. The highest BCUT2D eigenvalue weighted by molar-refractivity contribution is 5.99. The molecule has 2 fully saturated rings. The van der Waals surface area contributed by atoms with E-state index < -0.39 is 0 Å². The molecule has 0 bridgehead atoms. The highest BCUT2D eigenvalue weighted by Gasteiger charge is 2.26. The smallest absolute Gasteiger partial charge is 0.222 e. The van der Waals surface area contributed by atoms with Gasteiger partial charge < -0.3 is 19.7 Å². The fraction of sp³-hybridized carbons (Fsp3) is 0.423. The molecule has 2 aromatic carbocycles. The first kappa shape index (κ1) is 24.5. The minimum absolute atomic E-state index is 0.292. The summed E-state index contributed by atoms with van der Waals surface area (Å²) in [5.41, 5.74) is 3.29. The van der Waals surface area contributed by atoms with E-state index >= 15 is 0 Å². The van der Waals surface area contributed by atoms with Gasteiger partial charge in [-0.1, -0.05) is 42.5 Å². The number of amides is 2. The van der Waals surface area contributed by atoms with Crippen LogP contribution in [-0.2, 0) is 20.7 Å². The molecule has 1 N–H and O–H groups in total. The number of nitrogens with zero attached hydrogens (tertiary/aromatic N) is 2. The van der Waals surface area contributed by atoms with Gasteiger partial charge in [0.2, 0.25) is 12.3 Å². The molecule has 2 amide bonds. The highest BCUT2D eigenvalue weighted by Crippen LogP contribution is 2.42.